The van der Waals surface area contributed by atoms with E-state index in [0.29, 0.717) is 17.7 Å². The van der Waals surface area contributed by atoms with Gasteiger partial charge in [-0.25, -0.2) is 0 Å². The van der Waals surface area contributed by atoms with E-state index in [1.54, 1.807) is 4.90 Å². The molecule has 1 heterocycles. The predicted octanol–water partition coefficient (Wildman–Crippen LogP) is 3.52. The summed E-state index contributed by atoms with van der Waals surface area (Å²) in [6.45, 7) is 0.738. The van der Waals surface area contributed by atoms with E-state index in [4.69, 9.17) is 0 Å². The van der Waals surface area contributed by atoms with Crippen LogP contribution in [0.1, 0.15) is 29.6 Å². The number of nitrogens with one attached hydrogen (secondary N) is 1. The van der Waals surface area contributed by atoms with Gasteiger partial charge in [0.15, 0.2) is 0 Å². The highest BCUT2D eigenvalue weighted by Gasteiger charge is 2.19. The lowest BCUT2D eigenvalue weighted by Crippen LogP contribution is -2.35. The minimum absolute atomic E-state index is 0.147. The molecule has 1 fully saturated rings. The first-order valence-corrected chi connectivity index (χ1v) is 8.54. The fourth-order valence-electron chi connectivity index (χ4n) is 2.94. The normalized spacial score (nSPS) is 14.3. The number of hydrogen-bond acceptors (Lipinski definition) is 3. The van der Waals surface area contributed by atoms with Gasteiger partial charge in [-0.05, 0) is 55.3 Å². The quantitative estimate of drug-likeness (QED) is 0.929. The Kier molecular flexibility index (Phi) is 5.03. The van der Waals surface area contributed by atoms with Crippen LogP contribution in [0.5, 0.6) is 0 Å². The van der Waals surface area contributed by atoms with Gasteiger partial charge < -0.3 is 15.1 Å². The molecule has 130 valence electrons. The molecule has 2 aromatic carbocycles. The van der Waals surface area contributed by atoms with Gasteiger partial charge in [0, 0.05) is 49.7 Å². The SMILES string of the molecule is CN(C)c1ccc(C(=O)Nc2cccc(N3CCCCC3=O)c2)cc1. The van der Waals surface area contributed by atoms with Crippen molar-refractivity contribution in [1.29, 1.82) is 0 Å². The Balaban J connectivity index is 1.73. The van der Waals surface area contributed by atoms with Crippen molar-refractivity contribution in [3.8, 4) is 0 Å². The Morgan fingerprint density at radius 1 is 1.08 bits per heavy atom. The summed E-state index contributed by atoms with van der Waals surface area (Å²) in [7, 11) is 3.92. The van der Waals surface area contributed by atoms with Crippen molar-refractivity contribution in [3.05, 3.63) is 54.1 Å². The van der Waals surface area contributed by atoms with E-state index in [-0.39, 0.29) is 11.8 Å². The Hall–Kier alpha value is -2.82. The zero-order valence-electron chi connectivity index (χ0n) is 14.7. The Bertz CT molecular complexity index is 769. The molecule has 1 N–H and O–H groups in total. The summed E-state index contributed by atoms with van der Waals surface area (Å²) in [5.41, 5.74) is 3.18. The van der Waals surface area contributed by atoms with Gasteiger partial charge >= 0.3 is 0 Å². The molecular formula is C20H23N3O2. The topological polar surface area (TPSA) is 52.7 Å². The highest BCUT2D eigenvalue weighted by Crippen LogP contribution is 2.24. The lowest BCUT2D eigenvalue weighted by molar-refractivity contribution is -0.119. The average Bonchev–Trinajstić information content (AvgIpc) is 2.62. The van der Waals surface area contributed by atoms with Crippen molar-refractivity contribution in [1.82, 2.24) is 0 Å². The number of nitrogens with zero attached hydrogens (tertiary/aromatic N) is 2. The predicted molar refractivity (Wildman–Crippen MR) is 101 cm³/mol. The van der Waals surface area contributed by atoms with Gasteiger partial charge in [0.2, 0.25) is 5.91 Å². The number of rotatable bonds is 4. The molecule has 2 amide bonds. The third-order valence-corrected chi connectivity index (χ3v) is 4.39. The summed E-state index contributed by atoms with van der Waals surface area (Å²) in [4.78, 5) is 28.3. The van der Waals surface area contributed by atoms with Crippen molar-refractivity contribution in [3.63, 3.8) is 0 Å². The number of carbonyl (C=O) groups is 2. The number of anilines is 3. The Labute approximate surface area is 148 Å². The largest absolute Gasteiger partial charge is 0.378 e. The second-order valence-electron chi connectivity index (χ2n) is 6.45. The Morgan fingerprint density at radius 2 is 1.84 bits per heavy atom. The molecule has 0 saturated carbocycles. The van der Waals surface area contributed by atoms with E-state index in [0.717, 1.165) is 30.8 Å². The number of carbonyl (C=O) groups excluding carboxylic acids is 2. The van der Waals surface area contributed by atoms with Gasteiger partial charge in [-0.3, -0.25) is 9.59 Å². The van der Waals surface area contributed by atoms with Crippen LogP contribution in [0.2, 0.25) is 0 Å². The molecule has 2 aromatic rings. The summed E-state index contributed by atoms with van der Waals surface area (Å²) in [6.07, 6.45) is 2.56. The standard InChI is InChI=1S/C20H23N3O2/c1-22(2)17-11-9-15(10-12-17)20(25)21-16-6-5-7-18(14-16)23-13-4-3-8-19(23)24/h5-7,9-12,14H,3-4,8,13H2,1-2H3,(H,21,25). The first-order valence-electron chi connectivity index (χ1n) is 8.54. The van der Waals surface area contributed by atoms with E-state index in [1.165, 1.54) is 0 Å². The molecule has 25 heavy (non-hydrogen) atoms. The lowest BCUT2D eigenvalue weighted by atomic mass is 10.1. The lowest BCUT2D eigenvalue weighted by Gasteiger charge is -2.27. The molecule has 1 aliphatic rings. The van der Waals surface area contributed by atoms with Crippen LogP contribution in [0, 0.1) is 0 Å². The molecule has 0 spiro atoms. The molecule has 3 rings (SSSR count). The van der Waals surface area contributed by atoms with Crippen molar-refractivity contribution < 1.29 is 9.59 Å². The van der Waals surface area contributed by atoms with Crippen LogP contribution in [0.4, 0.5) is 17.1 Å². The van der Waals surface area contributed by atoms with Crippen LogP contribution < -0.4 is 15.1 Å². The van der Waals surface area contributed by atoms with E-state index in [9.17, 15) is 9.59 Å². The van der Waals surface area contributed by atoms with Crippen molar-refractivity contribution >= 4 is 28.9 Å². The van der Waals surface area contributed by atoms with Gasteiger partial charge in [0.25, 0.3) is 5.91 Å². The number of amides is 2. The van der Waals surface area contributed by atoms with Gasteiger partial charge in [0.1, 0.15) is 0 Å². The molecule has 0 radical (unpaired) electrons. The van der Waals surface area contributed by atoms with E-state index < -0.39 is 0 Å². The Morgan fingerprint density at radius 3 is 2.52 bits per heavy atom. The molecule has 0 bridgehead atoms. The molecule has 1 saturated heterocycles. The van der Waals surface area contributed by atoms with Gasteiger partial charge in [0.05, 0.1) is 0 Å². The first kappa shape index (κ1) is 17.0. The van der Waals surface area contributed by atoms with Crippen LogP contribution in [-0.4, -0.2) is 32.5 Å². The third kappa shape index (κ3) is 3.99. The van der Waals surface area contributed by atoms with Crippen LogP contribution in [0.15, 0.2) is 48.5 Å². The van der Waals surface area contributed by atoms with Crippen molar-refractivity contribution in [2.45, 2.75) is 19.3 Å². The van der Waals surface area contributed by atoms with Gasteiger partial charge in [-0.15, -0.1) is 0 Å². The molecular weight excluding hydrogens is 314 g/mol. The molecule has 5 heteroatoms. The van der Waals surface area contributed by atoms with Crippen molar-refractivity contribution in [2.24, 2.45) is 0 Å². The summed E-state index contributed by atoms with van der Waals surface area (Å²) in [5, 5.41) is 2.91. The fourth-order valence-corrected chi connectivity index (χ4v) is 2.94. The monoisotopic (exact) mass is 337 g/mol. The van der Waals surface area contributed by atoms with Crippen LogP contribution in [0.3, 0.4) is 0 Å². The maximum absolute atomic E-state index is 12.4. The van der Waals surface area contributed by atoms with Crippen LogP contribution in [0.25, 0.3) is 0 Å². The summed E-state index contributed by atoms with van der Waals surface area (Å²) >= 11 is 0. The maximum atomic E-state index is 12.4. The second kappa shape index (κ2) is 7.38. The minimum atomic E-state index is -0.160. The van der Waals surface area contributed by atoms with E-state index in [2.05, 4.69) is 5.32 Å². The molecule has 0 aromatic heterocycles. The summed E-state index contributed by atoms with van der Waals surface area (Å²) < 4.78 is 0. The van der Waals surface area contributed by atoms with E-state index in [1.807, 2.05) is 67.5 Å². The summed E-state index contributed by atoms with van der Waals surface area (Å²) in [6, 6.07) is 14.9. The number of piperidine rings is 1. The molecule has 0 atom stereocenters. The minimum Gasteiger partial charge on any atom is -0.378 e. The highest BCUT2D eigenvalue weighted by molar-refractivity contribution is 6.05. The van der Waals surface area contributed by atoms with Crippen molar-refractivity contribution in [2.75, 3.05) is 35.8 Å². The van der Waals surface area contributed by atoms with E-state index >= 15 is 0 Å². The number of hydrogen-bond donors (Lipinski definition) is 1. The molecule has 1 aliphatic heterocycles. The van der Waals surface area contributed by atoms with Crippen LogP contribution >= 0.6 is 0 Å². The fraction of sp³-hybridized carbons (Fsp3) is 0.300. The van der Waals surface area contributed by atoms with Gasteiger partial charge in [-0.1, -0.05) is 6.07 Å². The van der Waals surface area contributed by atoms with Crippen LogP contribution in [-0.2, 0) is 4.79 Å². The highest BCUT2D eigenvalue weighted by atomic mass is 16.2. The summed E-state index contributed by atoms with van der Waals surface area (Å²) in [5.74, 6) is -0.0126. The second-order valence-corrected chi connectivity index (χ2v) is 6.45. The number of benzene rings is 2. The molecule has 0 unspecified atom stereocenters. The zero-order chi connectivity index (χ0) is 17.8. The third-order valence-electron chi connectivity index (χ3n) is 4.39. The first-order chi connectivity index (χ1) is 12.0. The van der Waals surface area contributed by atoms with Gasteiger partial charge in [-0.2, -0.15) is 0 Å². The molecule has 5 nitrogen and oxygen atoms in total. The maximum Gasteiger partial charge on any atom is 0.255 e. The smallest absolute Gasteiger partial charge is 0.255 e. The molecule has 0 aliphatic carbocycles. The average molecular weight is 337 g/mol. The zero-order valence-corrected chi connectivity index (χ0v) is 14.7.